The van der Waals surface area contributed by atoms with Crippen molar-refractivity contribution in [3.63, 3.8) is 0 Å². The molecule has 0 saturated heterocycles. The standard InChI is InChI=1S/C20H18F2N2O3/c1-12(2)23(18-9-8-14(21)10-17(18)22)20(26)24-19(25)16(11-27-24)15-7-5-4-6-13(15)3/h4-12H,1-3H3. The first kappa shape index (κ1) is 18.6. The van der Waals surface area contributed by atoms with Crippen LogP contribution in [0.1, 0.15) is 19.4 Å². The molecule has 3 rings (SSSR count). The lowest BCUT2D eigenvalue weighted by Crippen LogP contribution is -2.43. The van der Waals surface area contributed by atoms with Gasteiger partial charge in [-0.05, 0) is 44.0 Å². The van der Waals surface area contributed by atoms with E-state index in [9.17, 15) is 18.4 Å². The monoisotopic (exact) mass is 372 g/mol. The molecule has 0 aliphatic rings. The molecule has 0 unspecified atom stereocenters. The van der Waals surface area contributed by atoms with Crippen molar-refractivity contribution in [3.8, 4) is 11.1 Å². The Labute approximate surface area is 154 Å². The number of rotatable bonds is 3. The molecule has 1 aromatic heterocycles. The second kappa shape index (κ2) is 7.19. The van der Waals surface area contributed by atoms with Crippen LogP contribution < -0.4 is 10.5 Å². The Morgan fingerprint density at radius 1 is 1.11 bits per heavy atom. The Kier molecular flexibility index (Phi) is 4.94. The molecule has 1 amide bonds. The lowest BCUT2D eigenvalue weighted by Gasteiger charge is -2.26. The fraction of sp³-hybridized carbons (Fsp3) is 0.200. The predicted octanol–water partition coefficient (Wildman–Crippen LogP) is 4.58. The summed E-state index contributed by atoms with van der Waals surface area (Å²) in [6.07, 6.45) is 1.20. The van der Waals surface area contributed by atoms with Crippen LogP contribution in [-0.2, 0) is 0 Å². The van der Waals surface area contributed by atoms with Crippen LogP contribution in [0.3, 0.4) is 0 Å². The van der Waals surface area contributed by atoms with Crippen LogP contribution in [0.5, 0.6) is 0 Å². The molecule has 5 nitrogen and oxygen atoms in total. The summed E-state index contributed by atoms with van der Waals surface area (Å²) >= 11 is 0. The van der Waals surface area contributed by atoms with Gasteiger partial charge in [-0.1, -0.05) is 29.0 Å². The molecule has 0 bridgehead atoms. The van der Waals surface area contributed by atoms with E-state index in [4.69, 9.17) is 4.52 Å². The van der Waals surface area contributed by atoms with Gasteiger partial charge < -0.3 is 4.52 Å². The third-order valence-electron chi connectivity index (χ3n) is 4.19. The largest absolute Gasteiger partial charge is 0.374 e. The number of aromatic nitrogens is 1. The van der Waals surface area contributed by atoms with Gasteiger partial charge >= 0.3 is 6.03 Å². The van der Waals surface area contributed by atoms with E-state index in [1.165, 1.54) is 6.26 Å². The number of carbonyl (C=O) groups is 1. The van der Waals surface area contributed by atoms with Crippen LogP contribution in [0, 0.1) is 18.6 Å². The second-order valence-corrected chi connectivity index (χ2v) is 6.39. The van der Waals surface area contributed by atoms with Crippen LogP contribution in [-0.4, -0.2) is 16.8 Å². The zero-order valence-electron chi connectivity index (χ0n) is 15.1. The highest BCUT2D eigenvalue weighted by Gasteiger charge is 2.28. The number of halogens is 2. The summed E-state index contributed by atoms with van der Waals surface area (Å²) < 4.78 is 33.2. The second-order valence-electron chi connectivity index (χ2n) is 6.39. The van der Waals surface area contributed by atoms with Gasteiger partial charge in [0.25, 0.3) is 5.56 Å². The van der Waals surface area contributed by atoms with Gasteiger partial charge in [-0.2, -0.15) is 0 Å². The van der Waals surface area contributed by atoms with E-state index in [0.717, 1.165) is 22.6 Å². The SMILES string of the molecule is Cc1ccccc1-c1con(C(=O)N(c2ccc(F)cc2F)C(C)C)c1=O. The molecular formula is C20H18F2N2O3. The lowest BCUT2D eigenvalue weighted by molar-refractivity contribution is 0.213. The topological polar surface area (TPSA) is 55.5 Å². The number of benzene rings is 2. The van der Waals surface area contributed by atoms with Gasteiger partial charge in [0.2, 0.25) is 0 Å². The fourth-order valence-electron chi connectivity index (χ4n) is 2.88. The predicted molar refractivity (Wildman–Crippen MR) is 97.9 cm³/mol. The molecule has 2 aromatic carbocycles. The van der Waals surface area contributed by atoms with Gasteiger partial charge in [0, 0.05) is 12.1 Å². The Balaban J connectivity index is 2.06. The van der Waals surface area contributed by atoms with Crippen LogP contribution >= 0.6 is 0 Å². The van der Waals surface area contributed by atoms with E-state index in [1.54, 1.807) is 26.0 Å². The highest BCUT2D eigenvalue weighted by Crippen LogP contribution is 2.24. The van der Waals surface area contributed by atoms with Crippen molar-refractivity contribution in [3.05, 3.63) is 76.3 Å². The van der Waals surface area contributed by atoms with Crippen molar-refractivity contribution in [2.24, 2.45) is 0 Å². The Bertz CT molecular complexity index is 1050. The molecule has 3 aromatic rings. The van der Waals surface area contributed by atoms with Crippen molar-refractivity contribution in [2.75, 3.05) is 4.90 Å². The van der Waals surface area contributed by atoms with Crippen LogP contribution in [0.2, 0.25) is 0 Å². The minimum absolute atomic E-state index is 0.142. The van der Waals surface area contributed by atoms with Crippen molar-refractivity contribution in [1.29, 1.82) is 0 Å². The summed E-state index contributed by atoms with van der Waals surface area (Å²) in [5.74, 6) is -1.67. The maximum atomic E-state index is 14.2. The molecule has 0 saturated carbocycles. The van der Waals surface area contributed by atoms with Crippen LogP contribution in [0.4, 0.5) is 19.3 Å². The minimum atomic E-state index is -0.907. The summed E-state index contributed by atoms with van der Waals surface area (Å²) in [7, 11) is 0. The van der Waals surface area contributed by atoms with E-state index in [-0.39, 0.29) is 11.3 Å². The number of aryl methyl sites for hydroxylation is 1. The summed E-state index contributed by atoms with van der Waals surface area (Å²) in [6.45, 7) is 5.14. The maximum Gasteiger partial charge on any atom is 0.365 e. The maximum absolute atomic E-state index is 14.2. The van der Waals surface area contributed by atoms with Crippen molar-refractivity contribution < 1.29 is 18.1 Å². The Hall–Kier alpha value is -3.22. The molecule has 0 radical (unpaired) electrons. The van der Waals surface area contributed by atoms with Crippen LogP contribution in [0.25, 0.3) is 11.1 Å². The fourth-order valence-corrected chi connectivity index (χ4v) is 2.88. The smallest absolute Gasteiger partial charge is 0.365 e. The molecule has 0 aliphatic carbocycles. The third kappa shape index (κ3) is 3.40. The Morgan fingerprint density at radius 3 is 2.44 bits per heavy atom. The normalized spacial score (nSPS) is 11.0. The summed E-state index contributed by atoms with van der Waals surface area (Å²) in [5.41, 5.74) is 0.923. The molecular weight excluding hydrogens is 354 g/mol. The van der Waals surface area contributed by atoms with E-state index >= 15 is 0 Å². The molecule has 1 heterocycles. The number of carbonyl (C=O) groups excluding carboxylic acids is 1. The lowest BCUT2D eigenvalue weighted by atomic mass is 10.0. The van der Waals surface area contributed by atoms with Crippen molar-refractivity contribution in [2.45, 2.75) is 26.8 Å². The first-order valence-corrected chi connectivity index (χ1v) is 8.37. The number of anilines is 1. The summed E-state index contributed by atoms with van der Waals surface area (Å²) in [4.78, 5) is 26.7. The first-order valence-electron chi connectivity index (χ1n) is 8.37. The van der Waals surface area contributed by atoms with Gasteiger partial charge in [-0.15, -0.1) is 0 Å². The highest BCUT2D eigenvalue weighted by molar-refractivity contribution is 5.93. The zero-order valence-corrected chi connectivity index (χ0v) is 15.1. The molecule has 0 N–H and O–H groups in total. The first-order chi connectivity index (χ1) is 12.8. The van der Waals surface area contributed by atoms with Gasteiger partial charge in [0.1, 0.15) is 17.9 Å². The minimum Gasteiger partial charge on any atom is -0.374 e. The average molecular weight is 372 g/mol. The molecule has 0 spiro atoms. The van der Waals surface area contributed by atoms with Gasteiger partial charge in [-0.3, -0.25) is 9.69 Å². The molecule has 0 fully saturated rings. The third-order valence-corrected chi connectivity index (χ3v) is 4.19. The van der Waals surface area contributed by atoms with Crippen LogP contribution in [0.15, 0.2) is 58.0 Å². The number of hydrogen-bond acceptors (Lipinski definition) is 3. The average Bonchev–Trinajstić information content (AvgIpc) is 2.98. The number of nitrogens with zero attached hydrogens (tertiary/aromatic N) is 2. The molecule has 0 aliphatic heterocycles. The summed E-state index contributed by atoms with van der Waals surface area (Å²) in [5, 5.41) is 0. The van der Waals surface area contributed by atoms with Crippen molar-refractivity contribution in [1.82, 2.24) is 4.74 Å². The Morgan fingerprint density at radius 2 is 1.81 bits per heavy atom. The van der Waals surface area contributed by atoms with Gasteiger partial charge in [0.15, 0.2) is 0 Å². The van der Waals surface area contributed by atoms with Gasteiger partial charge in [0.05, 0.1) is 11.3 Å². The zero-order chi connectivity index (χ0) is 19.7. The molecule has 27 heavy (non-hydrogen) atoms. The molecule has 140 valence electrons. The number of hydrogen-bond donors (Lipinski definition) is 0. The summed E-state index contributed by atoms with van der Waals surface area (Å²) in [6, 6.07) is 8.70. The van der Waals surface area contributed by atoms with Gasteiger partial charge in [-0.25, -0.2) is 13.6 Å². The van der Waals surface area contributed by atoms with E-state index in [1.807, 2.05) is 19.1 Å². The highest BCUT2D eigenvalue weighted by atomic mass is 19.1. The molecule has 7 heteroatoms. The quantitative estimate of drug-likeness (QED) is 0.676. The van der Waals surface area contributed by atoms with E-state index in [0.29, 0.717) is 16.4 Å². The van der Waals surface area contributed by atoms with E-state index in [2.05, 4.69) is 0 Å². The molecule has 0 atom stereocenters. The van der Waals surface area contributed by atoms with Crippen molar-refractivity contribution >= 4 is 11.7 Å². The number of amides is 1. The van der Waals surface area contributed by atoms with E-state index < -0.39 is 29.3 Å².